The molecule has 0 radical (unpaired) electrons. The highest BCUT2D eigenvalue weighted by Crippen LogP contribution is 2.27. The summed E-state index contributed by atoms with van der Waals surface area (Å²) >= 11 is 0. The van der Waals surface area contributed by atoms with Crippen molar-refractivity contribution < 1.29 is 4.92 Å². The van der Waals surface area contributed by atoms with Crippen molar-refractivity contribution in [3.8, 4) is 0 Å². The van der Waals surface area contributed by atoms with Crippen molar-refractivity contribution in [3.05, 3.63) is 28.4 Å². The van der Waals surface area contributed by atoms with Crippen LogP contribution in [0.5, 0.6) is 0 Å². The zero-order chi connectivity index (χ0) is 13.0. The molecule has 0 aliphatic heterocycles. The first-order valence-corrected chi connectivity index (χ1v) is 6.52. The van der Waals surface area contributed by atoms with Gasteiger partial charge in [0, 0.05) is 18.3 Å². The van der Waals surface area contributed by atoms with Crippen LogP contribution < -0.4 is 5.32 Å². The quantitative estimate of drug-likeness (QED) is 0.506. The summed E-state index contributed by atoms with van der Waals surface area (Å²) in [6, 6.07) is 3.40. The predicted octanol–water partition coefficient (Wildman–Crippen LogP) is 3.37. The second-order valence-corrected chi connectivity index (χ2v) is 5.08. The van der Waals surface area contributed by atoms with E-state index in [1.54, 1.807) is 12.3 Å². The molecule has 1 aliphatic rings. The maximum absolute atomic E-state index is 10.9. The fourth-order valence-electron chi connectivity index (χ4n) is 2.48. The van der Waals surface area contributed by atoms with Crippen LogP contribution in [0, 0.1) is 16.0 Å². The summed E-state index contributed by atoms with van der Waals surface area (Å²) in [5.74, 6) is 1.16. The summed E-state index contributed by atoms with van der Waals surface area (Å²) in [6.07, 6.45) is 7.34. The van der Waals surface area contributed by atoms with Crippen LogP contribution >= 0.6 is 0 Å². The normalized spacial score (nSPS) is 24.3. The maximum Gasteiger partial charge on any atom is 0.311 e. The second kappa shape index (κ2) is 5.80. The Hall–Kier alpha value is -1.65. The highest BCUT2D eigenvalue weighted by molar-refractivity contribution is 5.55. The molecule has 0 saturated heterocycles. The molecule has 2 unspecified atom stereocenters. The van der Waals surface area contributed by atoms with Crippen LogP contribution in [0.4, 0.5) is 11.5 Å². The zero-order valence-corrected chi connectivity index (χ0v) is 10.6. The molecule has 1 N–H and O–H groups in total. The first-order valence-electron chi connectivity index (χ1n) is 6.52. The smallest absolute Gasteiger partial charge is 0.311 e. The lowest BCUT2D eigenvalue weighted by atomic mass is 10.0. The minimum atomic E-state index is -0.380. The number of aromatic nitrogens is 1. The number of anilines is 1. The number of nitrogens with zero attached hydrogens (tertiary/aromatic N) is 2. The van der Waals surface area contributed by atoms with Gasteiger partial charge in [0.15, 0.2) is 0 Å². The molecular formula is C13H19N3O2. The maximum atomic E-state index is 10.9. The third-order valence-corrected chi connectivity index (χ3v) is 3.58. The molecular weight excluding hydrogens is 230 g/mol. The van der Waals surface area contributed by atoms with E-state index in [9.17, 15) is 10.1 Å². The molecule has 0 aromatic carbocycles. The van der Waals surface area contributed by atoms with Crippen LogP contribution in [-0.4, -0.2) is 15.9 Å². The van der Waals surface area contributed by atoms with Crippen LogP contribution in [0.1, 0.15) is 39.0 Å². The largest absolute Gasteiger partial charge is 0.362 e. The second-order valence-electron chi connectivity index (χ2n) is 5.08. The molecule has 5 nitrogen and oxygen atoms in total. The van der Waals surface area contributed by atoms with Gasteiger partial charge in [0.1, 0.15) is 0 Å². The van der Waals surface area contributed by atoms with Crippen molar-refractivity contribution in [2.45, 2.75) is 45.1 Å². The van der Waals surface area contributed by atoms with E-state index in [0.29, 0.717) is 11.9 Å². The van der Waals surface area contributed by atoms with Crippen LogP contribution in [0.15, 0.2) is 18.3 Å². The van der Waals surface area contributed by atoms with Gasteiger partial charge in [-0.1, -0.05) is 19.8 Å². The van der Waals surface area contributed by atoms with Gasteiger partial charge in [-0.15, -0.1) is 0 Å². The van der Waals surface area contributed by atoms with Crippen LogP contribution in [0.25, 0.3) is 0 Å². The Morgan fingerprint density at radius 2 is 2.22 bits per heavy atom. The van der Waals surface area contributed by atoms with Crippen LogP contribution in [0.3, 0.4) is 0 Å². The third-order valence-electron chi connectivity index (χ3n) is 3.58. The average Bonchev–Trinajstić information content (AvgIpc) is 2.55. The first-order chi connectivity index (χ1) is 8.66. The highest BCUT2D eigenvalue weighted by atomic mass is 16.6. The summed E-state index contributed by atoms with van der Waals surface area (Å²) in [7, 11) is 0. The van der Waals surface area contributed by atoms with Crippen molar-refractivity contribution in [3.63, 3.8) is 0 Å². The number of hydrogen-bond acceptors (Lipinski definition) is 4. The van der Waals surface area contributed by atoms with E-state index in [1.807, 2.05) is 0 Å². The molecule has 0 amide bonds. The molecule has 1 saturated carbocycles. The topological polar surface area (TPSA) is 68.1 Å². The van der Waals surface area contributed by atoms with Gasteiger partial charge in [0.2, 0.25) is 5.82 Å². The van der Waals surface area contributed by atoms with Crippen LogP contribution in [-0.2, 0) is 0 Å². The minimum absolute atomic E-state index is 0.0646. The molecule has 5 heteroatoms. The van der Waals surface area contributed by atoms with Gasteiger partial charge < -0.3 is 5.32 Å². The summed E-state index contributed by atoms with van der Waals surface area (Å²) in [6.45, 7) is 2.27. The van der Waals surface area contributed by atoms with E-state index < -0.39 is 0 Å². The van der Waals surface area contributed by atoms with E-state index in [0.717, 1.165) is 18.8 Å². The van der Waals surface area contributed by atoms with Gasteiger partial charge in [-0.2, -0.15) is 0 Å². The average molecular weight is 249 g/mol. The predicted molar refractivity (Wildman–Crippen MR) is 70.6 cm³/mol. The Labute approximate surface area is 107 Å². The Bertz CT molecular complexity index is 422. The van der Waals surface area contributed by atoms with Crippen molar-refractivity contribution >= 4 is 11.5 Å². The molecule has 0 bridgehead atoms. The monoisotopic (exact) mass is 249 g/mol. The summed E-state index contributed by atoms with van der Waals surface area (Å²) in [5, 5.41) is 14.1. The van der Waals surface area contributed by atoms with Gasteiger partial charge in [0.25, 0.3) is 0 Å². The van der Waals surface area contributed by atoms with Crippen molar-refractivity contribution in [1.82, 2.24) is 4.98 Å². The molecule has 98 valence electrons. The van der Waals surface area contributed by atoms with Crippen molar-refractivity contribution in [2.24, 2.45) is 5.92 Å². The van der Waals surface area contributed by atoms with Gasteiger partial charge >= 0.3 is 5.69 Å². The Balaban J connectivity index is 2.06. The Morgan fingerprint density at radius 3 is 3.00 bits per heavy atom. The molecule has 2 rings (SSSR count). The molecule has 1 aromatic rings. The lowest BCUT2D eigenvalue weighted by Gasteiger charge is -2.16. The summed E-state index contributed by atoms with van der Waals surface area (Å²) < 4.78 is 0. The van der Waals surface area contributed by atoms with E-state index in [4.69, 9.17) is 0 Å². The summed E-state index contributed by atoms with van der Waals surface area (Å²) in [4.78, 5) is 14.6. The van der Waals surface area contributed by atoms with Gasteiger partial charge in [-0.05, 0) is 31.2 Å². The molecule has 18 heavy (non-hydrogen) atoms. The lowest BCUT2D eigenvalue weighted by molar-refractivity contribution is -0.384. The van der Waals surface area contributed by atoms with Gasteiger partial charge in [-0.3, -0.25) is 10.1 Å². The molecule has 2 atom stereocenters. The lowest BCUT2D eigenvalue weighted by Crippen LogP contribution is -2.20. The summed E-state index contributed by atoms with van der Waals surface area (Å²) in [5.41, 5.74) is 0.0646. The zero-order valence-electron chi connectivity index (χ0n) is 10.6. The minimum Gasteiger partial charge on any atom is -0.362 e. The molecule has 1 fully saturated rings. The fraction of sp³-hybridized carbons (Fsp3) is 0.615. The van der Waals surface area contributed by atoms with Crippen molar-refractivity contribution in [1.29, 1.82) is 0 Å². The van der Waals surface area contributed by atoms with E-state index in [1.165, 1.54) is 25.3 Å². The molecule has 1 aliphatic carbocycles. The molecule has 0 spiro atoms. The number of nitro groups is 1. The number of rotatable bonds is 3. The van der Waals surface area contributed by atoms with E-state index in [-0.39, 0.29) is 10.6 Å². The number of pyridine rings is 1. The van der Waals surface area contributed by atoms with E-state index >= 15 is 0 Å². The van der Waals surface area contributed by atoms with Crippen molar-refractivity contribution in [2.75, 3.05) is 5.32 Å². The van der Waals surface area contributed by atoms with Crippen LogP contribution in [0.2, 0.25) is 0 Å². The molecule has 1 aromatic heterocycles. The van der Waals surface area contributed by atoms with Gasteiger partial charge in [-0.25, -0.2) is 4.98 Å². The standard InChI is InChI=1S/C13H19N3O2/c1-10-4-2-5-11(8-7-10)15-13-12(16(17)18)6-3-9-14-13/h3,6,9-11H,2,4-5,7-8H2,1H3,(H,14,15). The van der Waals surface area contributed by atoms with E-state index in [2.05, 4.69) is 17.2 Å². The number of hydrogen-bond donors (Lipinski definition) is 1. The Kier molecular flexibility index (Phi) is 4.12. The Morgan fingerprint density at radius 1 is 1.39 bits per heavy atom. The number of nitrogens with one attached hydrogen (secondary N) is 1. The van der Waals surface area contributed by atoms with Gasteiger partial charge in [0.05, 0.1) is 4.92 Å². The SMILES string of the molecule is CC1CCCC(Nc2ncccc2[N+](=O)[O-])CC1. The first kappa shape index (κ1) is 12.8. The third kappa shape index (κ3) is 3.18. The fourth-order valence-corrected chi connectivity index (χ4v) is 2.48. The molecule has 1 heterocycles. The highest BCUT2D eigenvalue weighted by Gasteiger charge is 2.20.